The summed E-state index contributed by atoms with van der Waals surface area (Å²) in [5, 5.41) is 4.12. The molecule has 0 unspecified atom stereocenters. The van der Waals surface area contributed by atoms with E-state index in [9.17, 15) is 4.79 Å². The monoisotopic (exact) mass is 252 g/mol. The predicted octanol–water partition coefficient (Wildman–Crippen LogP) is 3.22. The summed E-state index contributed by atoms with van der Waals surface area (Å²) >= 11 is 0. The third kappa shape index (κ3) is 3.12. The van der Waals surface area contributed by atoms with Crippen LogP contribution in [0.4, 0.5) is 0 Å². The Morgan fingerprint density at radius 1 is 1.44 bits per heavy atom. The lowest BCUT2D eigenvalue weighted by Gasteiger charge is -2.22. The number of Topliss-reactive ketones (excluding diaryl/α,β-unsaturated/α-hetero) is 1. The average molecular weight is 252 g/mol. The fraction of sp³-hybridized carbons (Fsp3) is 0.714. The Hall–Kier alpha value is -1.32. The number of ether oxygens (including phenoxy) is 1. The molecule has 1 aromatic heterocycles. The van der Waals surface area contributed by atoms with Crippen molar-refractivity contribution in [3.8, 4) is 5.88 Å². The van der Waals surface area contributed by atoms with Gasteiger partial charge in [-0.25, -0.2) is 4.68 Å². The summed E-state index contributed by atoms with van der Waals surface area (Å²) in [7, 11) is 1.79. The molecule has 0 aromatic carbocycles. The van der Waals surface area contributed by atoms with Crippen molar-refractivity contribution >= 4 is 5.78 Å². The number of hydrogen-bond donors (Lipinski definition) is 0. The van der Waals surface area contributed by atoms with Crippen molar-refractivity contribution in [2.24, 2.45) is 12.5 Å². The molecule has 18 heavy (non-hydrogen) atoms. The first-order chi connectivity index (χ1) is 8.44. The van der Waals surface area contributed by atoms with Crippen LogP contribution in [0, 0.1) is 5.41 Å². The second-order valence-electron chi connectivity index (χ2n) is 5.24. The van der Waals surface area contributed by atoms with E-state index in [1.54, 1.807) is 17.9 Å². The minimum Gasteiger partial charge on any atom is -0.478 e. The van der Waals surface area contributed by atoms with Crippen molar-refractivity contribution in [3.63, 3.8) is 0 Å². The highest BCUT2D eigenvalue weighted by Crippen LogP contribution is 2.31. The highest BCUT2D eigenvalue weighted by molar-refractivity contribution is 6.01. The molecule has 1 heterocycles. The zero-order valence-electron chi connectivity index (χ0n) is 12.1. The molecule has 1 rings (SSSR count). The molecule has 0 saturated carbocycles. The van der Waals surface area contributed by atoms with Crippen LogP contribution in [0.3, 0.4) is 0 Å². The number of rotatable bonds is 7. The average Bonchev–Trinajstić information content (AvgIpc) is 2.68. The summed E-state index contributed by atoms with van der Waals surface area (Å²) in [5.41, 5.74) is 0.241. The minimum absolute atomic E-state index is 0.118. The van der Waals surface area contributed by atoms with E-state index < -0.39 is 0 Å². The molecule has 0 aliphatic heterocycles. The Morgan fingerprint density at radius 2 is 2.11 bits per heavy atom. The molecule has 0 fully saturated rings. The molecule has 102 valence electrons. The highest BCUT2D eigenvalue weighted by Gasteiger charge is 2.31. The molecule has 1 aromatic rings. The molecular formula is C14H24N2O2. The van der Waals surface area contributed by atoms with Gasteiger partial charge in [0.1, 0.15) is 0 Å². The molecule has 0 spiro atoms. The van der Waals surface area contributed by atoms with Crippen LogP contribution >= 0.6 is 0 Å². The maximum atomic E-state index is 12.5. The summed E-state index contributed by atoms with van der Waals surface area (Å²) in [6.07, 6.45) is 4.66. The summed E-state index contributed by atoms with van der Waals surface area (Å²) in [6.45, 7) is 8.57. The van der Waals surface area contributed by atoms with Gasteiger partial charge in [0.2, 0.25) is 5.88 Å². The number of ketones is 1. The van der Waals surface area contributed by atoms with Crippen LogP contribution in [-0.4, -0.2) is 22.2 Å². The van der Waals surface area contributed by atoms with E-state index in [0.717, 1.165) is 19.3 Å². The largest absolute Gasteiger partial charge is 0.478 e. The van der Waals surface area contributed by atoms with Crippen molar-refractivity contribution in [1.82, 2.24) is 9.78 Å². The first-order valence-corrected chi connectivity index (χ1v) is 6.63. The molecule has 0 radical (unpaired) electrons. The summed E-state index contributed by atoms with van der Waals surface area (Å²) < 4.78 is 7.13. The Balaban J connectivity index is 2.95. The van der Waals surface area contributed by atoms with E-state index in [1.807, 2.05) is 20.8 Å². The van der Waals surface area contributed by atoms with Gasteiger partial charge < -0.3 is 4.74 Å². The minimum atomic E-state index is -0.356. The van der Waals surface area contributed by atoms with Crippen LogP contribution in [0.25, 0.3) is 0 Å². The van der Waals surface area contributed by atoms with Gasteiger partial charge in [-0.3, -0.25) is 4.79 Å². The van der Waals surface area contributed by atoms with Gasteiger partial charge in [0.05, 0.1) is 18.4 Å². The van der Waals surface area contributed by atoms with Gasteiger partial charge in [0, 0.05) is 12.5 Å². The summed E-state index contributed by atoms with van der Waals surface area (Å²) in [5.74, 6) is 0.694. The molecule has 0 atom stereocenters. The number of carbonyl (C=O) groups is 1. The Labute approximate surface area is 109 Å². The van der Waals surface area contributed by atoms with Crippen molar-refractivity contribution < 1.29 is 9.53 Å². The smallest absolute Gasteiger partial charge is 0.222 e. The van der Waals surface area contributed by atoms with Crippen LogP contribution in [-0.2, 0) is 7.05 Å². The number of aryl methyl sites for hydroxylation is 1. The van der Waals surface area contributed by atoms with E-state index >= 15 is 0 Å². The van der Waals surface area contributed by atoms with E-state index in [2.05, 4.69) is 12.0 Å². The quantitative estimate of drug-likeness (QED) is 0.700. The van der Waals surface area contributed by atoms with Gasteiger partial charge in [0.15, 0.2) is 5.78 Å². The number of carbonyl (C=O) groups excluding carboxylic acids is 1. The summed E-state index contributed by atoms with van der Waals surface area (Å²) in [4.78, 5) is 12.5. The molecule has 0 aliphatic carbocycles. The maximum absolute atomic E-state index is 12.5. The van der Waals surface area contributed by atoms with Crippen molar-refractivity contribution in [1.29, 1.82) is 0 Å². The maximum Gasteiger partial charge on any atom is 0.222 e. The molecule has 4 nitrogen and oxygen atoms in total. The molecule has 0 aliphatic rings. The van der Waals surface area contributed by atoms with E-state index in [0.29, 0.717) is 18.1 Å². The first-order valence-electron chi connectivity index (χ1n) is 6.63. The molecule has 4 heteroatoms. The van der Waals surface area contributed by atoms with E-state index in [-0.39, 0.29) is 11.2 Å². The van der Waals surface area contributed by atoms with Crippen molar-refractivity contribution in [2.45, 2.75) is 47.0 Å². The van der Waals surface area contributed by atoms with Gasteiger partial charge in [-0.2, -0.15) is 5.10 Å². The van der Waals surface area contributed by atoms with Crippen LogP contribution in [0.5, 0.6) is 5.88 Å². The predicted molar refractivity (Wildman–Crippen MR) is 72.0 cm³/mol. The highest BCUT2D eigenvalue weighted by atomic mass is 16.5. The summed E-state index contributed by atoms with van der Waals surface area (Å²) in [6, 6.07) is 0. The lowest BCUT2D eigenvalue weighted by atomic mass is 9.80. The van der Waals surface area contributed by atoms with Crippen LogP contribution in [0.15, 0.2) is 6.20 Å². The number of aromatic nitrogens is 2. The Bertz CT molecular complexity index is 408. The molecule has 0 N–H and O–H groups in total. The van der Waals surface area contributed by atoms with Gasteiger partial charge in [-0.1, -0.05) is 33.6 Å². The van der Waals surface area contributed by atoms with Gasteiger partial charge in [-0.15, -0.1) is 0 Å². The first kappa shape index (κ1) is 14.7. The van der Waals surface area contributed by atoms with Gasteiger partial charge in [0.25, 0.3) is 0 Å². The second kappa shape index (κ2) is 6.03. The lowest BCUT2D eigenvalue weighted by Crippen LogP contribution is -2.24. The molecular weight excluding hydrogens is 228 g/mol. The molecule has 0 saturated heterocycles. The molecule has 0 amide bonds. The van der Waals surface area contributed by atoms with E-state index in [1.165, 1.54) is 0 Å². The topological polar surface area (TPSA) is 44.1 Å². The third-order valence-electron chi connectivity index (χ3n) is 3.18. The fourth-order valence-electron chi connectivity index (χ4n) is 1.99. The third-order valence-corrected chi connectivity index (χ3v) is 3.18. The molecule has 0 bridgehead atoms. The fourth-order valence-corrected chi connectivity index (χ4v) is 1.99. The van der Waals surface area contributed by atoms with Gasteiger partial charge >= 0.3 is 0 Å². The SMILES string of the molecule is CCCCC(C)(C)C(=O)c1cnn(C)c1OCC. The van der Waals surface area contributed by atoms with Crippen LogP contribution < -0.4 is 4.74 Å². The number of nitrogens with zero attached hydrogens (tertiary/aromatic N) is 2. The Morgan fingerprint density at radius 3 is 2.67 bits per heavy atom. The number of unbranched alkanes of at least 4 members (excludes halogenated alkanes) is 1. The van der Waals surface area contributed by atoms with Crippen LogP contribution in [0.1, 0.15) is 57.3 Å². The standard InChI is InChI=1S/C14H24N2O2/c1-6-8-9-14(3,4)12(17)11-10-15-16(5)13(11)18-7-2/h10H,6-9H2,1-5H3. The zero-order valence-corrected chi connectivity index (χ0v) is 12.1. The van der Waals surface area contributed by atoms with Crippen LogP contribution in [0.2, 0.25) is 0 Å². The number of hydrogen-bond acceptors (Lipinski definition) is 3. The van der Waals surface area contributed by atoms with Crippen molar-refractivity contribution in [2.75, 3.05) is 6.61 Å². The van der Waals surface area contributed by atoms with E-state index in [4.69, 9.17) is 4.74 Å². The lowest BCUT2D eigenvalue weighted by molar-refractivity contribution is 0.0819. The normalized spacial score (nSPS) is 11.6. The zero-order chi connectivity index (χ0) is 13.8. The van der Waals surface area contributed by atoms with Gasteiger partial charge in [-0.05, 0) is 13.3 Å². The van der Waals surface area contributed by atoms with Crippen molar-refractivity contribution in [3.05, 3.63) is 11.8 Å². The Kier molecular flexibility index (Phi) is 4.93. The second-order valence-corrected chi connectivity index (χ2v) is 5.24.